The van der Waals surface area contributed by atoms with Crippen LogP contribution in [0.25, 0.3) is 0 Å². The van der Waals surface area contributed by atoms with E-state index in [1.54, 1.807) is 0 Å². The number of hydrogen-bond acceptors (Lipinski definition) is 2. The Hall–Kier alpha value is -0.570. The normalized spacial score (nSPS) is 32.8. The van der Waals surface area contributed by atoms with Crippen molar-refractivity contribution in [3.63, 3.8) is 0 Å². The molecule has 5 unspecified atom stereocenters. The zero-order valence-electron chi connectivity index (χ0n) is 13.7. The molecule has 20 heavy (non-hydrogen) atoms. The lowest BCUT2D eigenvalue weighted by atomic mass is 9.85. The molecule has 0 aromatic rings. The van der Waals surface area contributed by atoms with E-state index in [0.29, 0.717) is 24.0 Å². The second kappa shape index (κ2) is 6.93. The van der Waals surface area contributed by atoms with Crippen molar-refractivity contribution in [3.8, 4) is 0 Å². The van der Waals surface area contributed by atoms with Crippen LogP contribution in [-0.4, -0.2) is 35.0 Å². The fourth-order valence-electron chi connectivity index (χ4n) is 4.33. The number of nitrogens with one attached hydrogen (secondary N) is 1. The third-order valence-corrected chi connectivity index (χ3v) is 5.23. The molecule has 1 N–H and O–H groups in total. The van der Waals surface area contributed by atoms with Gasteiger partial charge >= 0.3 is 0 Å². The highest BCUT2D eigenvalue weighted by molar-refractivity contribution is 5.82. The maximum atomic E-state index is 12.8. The summed E-state index contributed by atoms with van der Waals surface area (Å²) in [6.45, 7) is 8.65. The Balaban J connectivity index is 1.96. The van der Waals surface area contributed by atoms with Gasteiger partial charge in [0.1, 0.15) is 0 Å². The fraction of sp³-hybridized carbons (Fsp3) is 0.941. The molecule has 3 nitrogen and oxygen atoms in total. The lowest BCUT2D eigenvalue weighted by molar-refractivity contribution is -0.136. The number of carbonyl (C=O) groups excluding carboxylic acids is 1. The zero-order chi connectivity index (χ0) is 14.7. The first-order chi connectivity index (χ1) is 9.54. The summed E-state index contributed by atoms with van der Waals surface area (Å²) in [6, 6.07) is 1.34. The van der Waals surface area contributed by atoms with E-state index in [9.17, 15) is 4.79 Å². The van der Waals surface area contributed by atoms with Gasteiger partial charge in [0.2, 0.25) is 5.91 Å². The Morgan fingerprint density at radius 2 is 2.00 bits per heavy atom. The molecule has 0 aromatic carbocycles. The van der Waals surface area contributed by atoms with Crippen molar-refractivity contribution in [1.82, 2.24) is 10.2 Å². The van der Waals surface area contributed by atoms with Gasteiger partial charge in [-0.25, -0.2) is 0 Å². The third-order valence-electron chi connectivity index (χ3n) is 5.23. The van der Waals surface area contributed by atoms with Crippen molar-refractivity contribution in [3.05, 3.63) is 0 Å². The first kappa shape index (κ1) is 15.8. The van der Waals surface area contributed by atoms with E-state index in [-0.39, 0.29) is 6.04 Å². The SMILES string of the molecule is CCCC(C)NC(C)C(=O)N1C(C)CC2CCCCC21. The maximum absolute atomic E-state index is 12.8. The number of hydrogen-bond donors (Lipinski definition) is 1. The molecule has 2 rings (SSSR count). The summed E-state index contributed by atoms with van der Waals surface area (Å²) >= 11 is 0. The average molecular weight is 280 g/mol. The number of nitrogens with zero attached hydrogens (tertiary/aromatic N) is 1. The Morgan fingerprint density at radius 1 is 1.30 bits per heavy atom. The fourth-order valence-corrected chi connectivity index (χ4v) is 4.33. The number of rotatable bonds is 5. The standard InChI is InChI=1S/C17H32N2O/c1-5-8-12(2)18-14(4)17(20)19-13(3)11-15-9-6-7-10-16(15)19/h12-16,18H,5-11H2,1-4H3. The number of carbonyl (C=O) groups is 1. The molecule has 1 aliphatic carbocycles. The minimum Gasteiger partial charge on any atom is -0.335 e. The third kappa shape index (κ3) is 3.36. The lowest BCUT2D eigenvalue weighted by Crippen LogP contribution is -2.52. The van der Waals surface area contributed by atoms with Crippen LogP contribution in [0.5, 0.6) is 0 Å². The molecule has 1 saturated carbocycles. The van der Waals surface area contributed by atoms with Crippen LogP contribution in [0.15, 0.2) is 0 Å². The monoisotopic (exact) mass is 280 g/mol. The van der Waals surface area contributed by atoms with Crippen LogP contribution in [0.3, 0.4) is 0 Å². The van der Waals surface area contributed by atoms with Crippen molar-refractivity contribution in [2.45, 2.75) is 96.8 Å². The molecule has 0 radical (unpaired) electrons. The summed E-state index contributed by atoms with van der Waals surface area (Å²) in [4.78, 5) is 15.0. The first-order valence-electron chi connectivity index (χ1n) is 8.62. The predicted molar refractivity (Wildman–Crippen MR) is 83.6 cm³/mol. The van der Waals surface area contributed by atoms with Gasteiger partial charge in [-0.05, 0) is 52.4 Å². The predicted octanol–water partition coefficient (Wildman–Crippen LogP) is 3.33. The van der Waals surface area contributed by atoms with Gasteiger partial charge in [-0.3, -0.25) is 4.79 Å². The maximum Gasteiger partial charge on any atom is 0.239 e. The van der Waals surface area contributed by atoms with E-state index in [2.05, 4.69) is 31.0 Å². The van der Waals surface area contributed by atoms with Crippen molar-refractivity contribution >= 4 is 5.91 Å². The molecular weight excluding hydrogens is 248 g/mol. The molecule has 0 bridgehead atoms. The topological polar surface area (TPSA) is 32.3 Å². The molecule has 0 spiro atoms. The lowest BCUT2D eigenvalue weighted by Gasteiger charge is -2.35. The Kier molecular flexibility index (Phi) is 5.48. The Morgan fingerprint density at radius 3 is 2.70 bits per heavy atom. The van der Waals surface area contributed by atoms with Crippen molar-refractivity contribution in [2.75, 3.05) is 0 Å². The van der Waals surface area contributed by atoms with Crippen LogP contribution < -0.4 is 5.32 Å². The van der Waals surface area contributed by atoms with Crippen molar-refractivity contribution in [1.29, 1.82) is 0 Å². The molecule has 0 aromatic heterocycles. The van der Waals surface area contributed by atoms with Crippen LogP contribution in [0.4, 0.5) is 0 Å². The molecule has 116 valence electrons. The summed E-state index contributed by atoms with van der Waals surface area (Å²) in [6.07, 6.45) is 8.72. The highest BCUT2D eigenvalue weighted by Gasteiger charge is 2.43. The molecule has 1 saturated heterocycles. The summed E-state index contributed by atoms with van der Waals surface area (Å²) in [7, 11) is 0. The zero-order valence-corrected chi connectivity index (χ0v) is 13.7. The summed E-state index contributed by atoms with van der Waals surface area (Å²) < 4.78 is 0. The summed E-state index contributed by atoms with van der Waals surface area (Å²) in [5.41, 5.74) is 0. The highest BCUT2D eigenvalue weighted by atomic mass is 16.2. The second-order valence-electron chi connectivity index (χ2n) is 7.02. The van der Waals surface area contributed by atoms with Gasteiger partial charge in [-0.2, -0.15) is 0 Å². The van der Waals surface area contributed by atoms with E-state index >= 15 is 0 Å². The first-order valence-corrected chi connectivity index (χ1v) is 8.62. The molecule has 3 heteroatoms. The van der Waals surface area contributed by atoms with Crippen LogP contribution in [0.1, 0.15) is 72.6 Å². The highest BCUT2D eigenvalue weighted by Crippen LogP contribution is 2.39. The Bertz CT molecular complexity index is 331. The van der Waals surface area contributed by atoms with Gasteiger partial charge in [0, 0.05) is 18.1 Å². The van der Waals surface area contributed by atoms with Gasteiger partial charge in [-0.15, -0.1) is 0 Å². The number of likely N-dealkylation sites (tertiary alicyclic amines) is 1. The van der Waals surface area contributed by atoms with Crippen LogP contribution in [0, 0.1) is 5.92 Å². The van der Waals surface area contributed by atoms with Gasteiger partial charge in [0.15, 0.2) is 0 Å². The molecule has 2 aliphatic rings. The molecule has 2 fully saturated rings. The van der Waals surface area contributed by atoms with E-state index in [1.807, 2.05) is 6.92 Å². The van der Waals surface area contributed by atoms with Gasteiger partial charge in [-0.1, -0.05) is 26.2 Å². The molecule has 1 aliphatic heterocycles. The van der Waals surface area contributed by atoms with Gasteiger partial charge in [0.05, 0.1) is 6.04 Å². The minimum atomic E-state index is -0.0420. The van der Waals surface area contributed by atoms with E-state index in [1.165, 1.54) is 38.5 Å². The number of amides is 1. The second-order valence-corrected chi connectivity index (χ2v) is 7.02. The molecule has 1 heterocycles. The van der Waals surface area contributed by atoms with E-state index in [4.69, 9.17) is 0 Å². The van der Waals surface area contributed by atoms with Crippen LogP contribution in [-0.2, 0) is 4.79 Å². The molecular formula is C17H32N2O. The minimum absolute atomic E-state index is 0.0420. The Labute approximate surface area is 124 Å². The largest absolute Gasteiger partial charge is 0.335 e. The van der Waals surface area contributed by atoms with Crippen LogP contribution in [0.2, 0.25) is 0 Å². The van der Waals surface area contributed by atoms with Crippen LogP contribution >= 0.6 is 0 Å². The smallest absolute Gasteiger partial charge is 0.239 e. The summed E-state index contributed by atoms with van der Waals surface area (Å²) in [5.74, 6) is 1.10. The van der Waals surface area contributed by atoms with E-state index in [0.717, 1.165) is 12.3 Å². The molecule has 1 amide bonds. The van der Waals surface area contributed by atoms with Gasteiger partial charge in [0.25, 0.3) is 0 Å². The van der Waals surface area contributed by atoms with E-state index < -0.39 is 0 Å². The quantitative estimate of drug-likeness (QED) is 0.838. The number of fused-ring (bicyclic) bond motifs is 1. The van der Waals surface area contributed by atoms with Crippen molar-refractivity contribution in [2.24, 2.45) is 5.92 Å². The van der Waals surface area contributed by atoms with Gasteiger partial charge < -0.3 is 10.2 Å². The average Bonchev–Trinajstić information content (AvgIpc) is 2.73. The summed E-state index contributed by atoms with van der Waals surface area (Å²) in [5, 5.41) is 3.48. The molecule has 5 atom stereocenters. The van der Waals surface area contributed by atoms with Crippen molar-refractivity contribution < 1.29 is 4.79 Å².